The molecule has 3 aromatic heterocycles. The van der Waals surface area contributed by atoms with Crippen LogP contribution in [0.4, 0.5) is 5.82 Å². The summed E-state index contributed by atoms with van der Waals surface area (Å²) in [6.45, 7) is 2.43. The van der Waals surface area contributed by atoms with E-state index in [-0.39, 0.29) is 5.28 Å². The van der Waals surface area contributed by atoms with E-state index in [1.165, 1.54) is 0 Å². The van der Waals surface area contributed by atoms with E-state index in [1.807, 2.05) is 6.92 Å². The summed E-state index contributed by atoms with van der Waals surface area (Å²) < 4.78 is 5.50. The van der Waals surface area contributed by atoms with Gasteiger partial charge < -0.3 is 14.7 Å². The van der Waals surface area contributed by atoms with Crippen LogP contribution < -0.4 is 5.32 Å². The average Bonchev–Trinajstić information content (AvgIpc) is 3.03. The third kappa shape index (κ3) is 2.37. The predicted octanol–water partition coefficient (Wildman–Crippen LogP) is 2.17. The van der Waals surface area contributed by atoms with E-state index in [2.05, 4.69) is 30.2 Å². The monoisotopic (exact) mass is 278 g/mol. The standard InChI is InChI=1S/C11H11ClN6O/c1-2-6-3-13-7(19-6)4-14-9-8-10(16-5-15-8)18-11(12)17-9/h3,5H,2,4H2,1H3,(H2,14,15,16,17,18). The molecule has 98 valence electrons. The van der Waals surface area contributed by atoms with Crippen LogP contribution in [0.25, 0.3) is 11.2 Å². The molecule has 0 radical (unpaired) electrons. The van der Waals surface area contributed by atoms with Gasteiger partial charge in [-0.2, -0.15) is 9.97 Å². The number of fused-ring (bicyclic) bond motifs is 1. The Kier molecular flexibility index (Phi) is 3.04. The molecule has 0 unspecified atom stereocenters. The van der Waals surface area contributed by atoms with Crippen molar-refractivity contribution in [1.82, 2.24) is 24.9 Å². The maximum atomic E-state index is 5.83. The highest BCUT2D eigenvalue weighted by Crippen LogP contribution is 2.19. The van der Waals surface area contributed by atoms with Gasteiger partial charge in [-0.15, -0.1) is 0 Å². The van der Waals surface area contributed by atoms with E-state index in [0.29, 0.717) is 29.4 Å². The number of anilines is 1. The molecule has 2 N–H and O–H groups in total. The fourth-order valence-corrected chi connectivity index (χ4v) is 1.85. The number of aromatic amines is 1. The molecule has 0 saturated carbocycles. The number of nitrogens with zero attached hydrogens (tertiary/aromatic N) is 4. The van der Waals surface area contributed by atoms with Crippen molar-refractivity contribution in [1.29, 1.82) is 0 Å². The molecule has 3 aromatic rings. The summed E-state index contributed by atoms with van der Waals surface area (Å²) in [7, 11) is 0. The number of aryl methyl sites for hydroxylation is 1. The molecule has 0 fully saturated rings. The summed E-state index contributed by atoms with van der Waals surface area (Å²) in [5.41, 5.74) is 1.22. The van der Waals surface area contributed by atoms with Crippen LogP contribution in [0.3, 0.4) is 0 Å². The zero-order valence-corrected chi connectivity index (χ0v) is 10.9. The zero-order valence-electron chi connectivity index (χ0n) is 10.1. The summed E-state index contributed by atoms with van der Waals surface area (Å²) in [5.74, 6) is 2.02. The van der Waals surface area contributed by atoms with Crippen molar-refractivity contribution in [3.8, 4) is 0 Å². The molecule has 0 aliphatic rings. The quantitative estimate of drug-likeness (QED) is 0.711. The number of imidazole rings is 1. The first-order chi connectivity index (χ1) is 9.26. The van der Waals surface area contributed by atoms with Crippen LogP contribution in [0, 0.1) is 0 Å². The molecule has 19 heavy (non-hydrogen) atoms. The number of rotatable bonds is 4. The number of hydrogen-bond donors (Lipinski definition) is 2. The molecular formula is C11H11ClN6O. The molecule has 7 nitrogen and oxygen atoms in total. The lowest BCUT2D eigenvalue weighted by Gasteiger charge is -2.03. The van der Waals surface area contributed by atoms with Crippen LogP contribution >= 0.6 is 11.6 Å². The Morgan fingerprint density at radius 1 is 1.37 bits per heavy atom. The normalized spacial score (nSPS) is 11.1. The molecule has 3 heterocycles. The van der Waals surface area contributed by atoms with Crippen LogP contribution in [0.1, 0.15) is 18.6 Å². The summed E-state index contributed by atoms with van der Waals surface area (Å²) in [6, 6.07) is 0. The van der Waals surface area contributed by atoms with Crippen molar-refractivity contribution >= 4 is 28.6 Å². The number of nitrogens with one attached hydrogen (secondary N) is 2. The minimum atomic E-state index is 0.142. The molecular weight excluding hydrogens is 268 g/mol. The Balaban J connectivity index is 1.83. The lowest BCUT2D eigenvalue weighted by Crippen LogP contribution is -2.03. The van der Waals surface area contributed by atoms with Gasteiger partial charge in [0.1, 0.15) is 11.3 Å². The lowest BCUT2D eigenvalue weighted by atomic mass is 10.4. The molecule has 0 amide bonds. The lowest BCUT2D eigenvalue weighted by molar-refractivity contribution is 0.465. The smallest absolute Gasteiger partial charge is 0.226 e. The number of H-pyrrole nitrogens is 1. The fraction of sp³-hybridized carbons (Fsp3) is 0.273. The highest BCUT2D eigenvalue weighted by Gasteiger charge is 2.10. The minimum Gasteiger partial charge on any atom is -0.444 e. The average molecular weight is 279 g/mol. The highest BCUT2D eigenvalue weighted by atomic mass is 35.5. The minimum absolute atomic E-state index is 0.142. The summed E-state index contributed by atoms with van der Waals surface area (Å²) >= 11 is 5.83. The Hall–Kier alpha value is -2.15. The van der Waals surface area contributed by atoms with Crippen molar-refractivity contribution in [2.45, 2.75) is 19.9 Å². The van der Waals surface area contributed by atoms with Crippen LogP contribution in [-0.2, 0) is 13.0 Å². The van der Waals surface area contributed by atoms with Crippen molar-refractivity contribution in [3.05, 3.63) is 29.5 Å². The van der Waals surface area contributed by atoms with Gasteiger partial charge in [0, 0.05) is 6.42 Å². The van der Waals surface area contributed by atoms with E-state index in [1.54, 1.807) is 12.5 Å². The summed E-state index contributed by atoms with van der Waals surface area (Å²) in [4.78, 5) is 19.3. The first kappa shape index (κ1) is 11.9. The first-order valence-electron chi connectivity index (χ1n) is 5.80. The summed E-state index contributed by atoms with van der Waals surface area (Å²) in [6.07, 6.45) is 4.08. The molecule has 8 heteroatoms. The van der Waals surface area contributed by atoms with Gasteiger partial charge in [0.25, 0.3) is 0 Å². The number of aromatic nitrogens is 5. The van der Waals surface area contributed by atoms with Gasteiger partial charge in [0.2, 0.25) is 11.2 Å². The van der Waals surface area contributed by atoms with Crippen molar-refractivity contribution in [3.63, 3.8) is 0 Å². The molecule has 0 aliphatic carbocycles. The third-order valence-electron chi connectivity index (χ3n) is 2.62. The number of hydrogen-bond acceptors (Lipinski definition) is 6. The molecule has 0 aromatic carbocycles. The Bertz CT molecular complexity index is 706. The summed E-state index contributed by atoms with van der Waals surface area (Å²) in [5, 5.41) is 3.25. The van der Waals surface area contributed by atoms with Crippen LogP contribution in [0.15, 0.2) is 16.9 Å². The van der Waals surface area contributed by atoms with Crippen molar-refractivity contribution in [2.24, 2.45) is 0 Å². The van der Waals surface area contributed by atoms with Gasteiger partial charge in [-0.25, -0.2) is 9.97 Å². The van der Waals surface area contributed by atoms with Gasteiger partial charge >= 0.3 is 0 Å². The van der Waals surface area contributed by atoms with E-state index in [4.69, 9.17) is 16.0 Å². The van der Waals surface area contributed by atoms with E-state index in [0.717, 1.165) is 12.2 Å². The molecule has 0 aliphatic heterocycles. The van der Waals surface area contributed by atoms with Crippen LogP contribution in [0.2, 0.25) is 5.28 Å². The van der Waals surface area contributed by atoms with Crippen molar-refractivity contribution in [2.75, 3.05) is 5.32 Å². The SMILES string of the molecule is CCc1cnc(CNc2nc(Cl)nc3nc[nH]c23)o1. The Morgan fingerprint density at radius 2 is 2.26 bits per heavy atom. The first-order valence-corrected chi connectivity index (χ1v) is 6.18. The highest BCUT2D eigenvalue weighted by molar-refractivity contribution is 6.28. The Morgan fingerprint density at radius 3 is 3.05 bits per heavy atom. The van der Waals surface area contributed by atoms with Gasteiger partial charge in [0.05, 0.1) is 19.1 Å². The molecule has 0 spiro atoms. The van der Waals surface area contributed by atoms with Crippen LogP contribution in [-0.4, -0.2) is 24.9 Å². The second kappa shape index (κ2) is 4.85. The van der Waals surface area contributed by atoms with Crippen LogP contribution in [0.5, 0.6) is 0 Å². The topological polar surface area (TPSA) is 92.5 Å². The largest absolute Gasteiger partial charge is 0.444 e. The van der Waals surface area contributed by atoms with E-state index >= 15 is 0 Å². The second-order valence-electron chi connectivity index (χ2n) is 3.87. The maximum Gasteiger partial charge on any atom is 0.226 e. The van der Waals surface area contributed by atoms with Gasteiger partial charge in [-0.3, -0.25) is 0 Å². The maximum absolute atomic E-state index is 5.83. The van der Waals surface area contributed by atoms with E-state index < -0.39 is 0 Å². The van der Waals surface area contributed by atoms with Crippen molar-refractivity contribution < 1.29 is 4.42 Å². The molecule has 0 atom stereocenters. The molecule has 3 rings (SSSR count). The van der Waals surface area contributed by atoms with Gasteiger partial charge in [-0.05, 0) is 11.6 Å². The Labute approximate surface area is 113 Å². The number of oxazole rings is 1. The van der Waals surface area contributed by atoms with Gasteiger partial charge in [-0.1, -0.05) is 6.92 Å². The fourth-order valence-electron chi connectivity index (χ4n) is 1.69. The molecule has 0 saturated heterocycles. The predicted molar refractivity (Wildman–Crippen MR) is 69.9 cm³/mol. The van der Waals surface area contributed by atoms with E-state index in [9.17, 15) is 0 Å². The van der Waals surface area contributed by atoms with Gasteiger partial charge in [0.15, 0.2) is 11.5 Å². The number of halogens is 1. The third-order valence-corrected chi connectivity index (χ3v) is 2.78. The molecule has 0 bridgehead atoms. The zero-order chi connectivity index (χ0) is 13.2. The second-order valence-corrected chi connectivity index (χ2v) is 4.21.